The van der Waals surface area contributed by atoms with Crippen molar-refractivity contribution in [1.82, 2.24) is 14.8 Å². The highest BCUT2D eigenvalue weighted by molar-refractivity contribution is 5.63. The second-order valence-corrected chi connectivity index (χ2v) is 6.72. The average Bonchev–Trinajstić information content (AvgIpc) is 3.27. The summed E-state index contributed by atoms with van der Waals surface area (Å²) in [6.07, 6.45) is 2.66. The van der Waals surface area contributed by atoms with E-state index in [1.54, 1.807) is 0 Å². The van der Waals surface area contributed by atoms with Gasteiger partial charge in [-0.25, -0.2) is 18.2 Å². The Morgan fingerprint density at radius 1 is 1.25 bits per heavy atom. The molecule has 0 spiro atoms. The molecule has 0 radical (unpaired) electrons. The minimum Gasteiger partial charge on any atom is -0.396 e. The maximum absolute atomic E-state index is 13.5. The van der Waals surface area contributed by atoms with Gasteiger partial charge in [0.25, 0.3) is 6.43 Å². The first-order valence-corrected chi connectivity index (χ1v) is 8.21. The first-order valence-electron chi connectivity index (χ1n) is 8.21. The molecule has 2 aliphatic carbocycles. The van der Waals surface area contributed by atoms with E-state index in [1.807, 2.05) is 10.9 Å². The molecule has 128 valence electrons. The van der Waals surface area contributed by atoms with Crippen LogP contribution in [0.15, 0.2) is 18.3 Å². The molecule has 1 N–H and O–H groups in total. The number of aromatic nitrogens is 3. The van der Waals surface area contributed by atoms with Crippen molar-refractivity contribution in [3.8, 4) is 11.3 Å². The topological polar surface area (TPSA) is 50.9 Å². The number of pyridine rings is 1. The summed E-state index contributed by atoms with van der Waals surface area (Å²) in [5.74, 6) is -0.350. The van der Waals surface area contributed by atoms with Crippen molar-refractivity contribution < 1.29 is 18.3 Å². The predicted molar refractivity (Wildman–Crippen MR) is 81.2 cm³/mol. The Morgan fingerprint density at radius 3 is 2.62 bits per heavy atom. The summed E-state index contributed by atoms with van der Waals surface area (Å²) in [4.78, 5) is 3.84. The Morgan fingerprint density at radius 2 is 2.00 bits per heavy atom. The van der Waals surface area contributed by atoms with Gasteiger partial charge in [0.1, 0.15) is 5.69 Å². The number of nitrogens with zero attached hydrogens (tertiary/aromatic N) is 3. The number of alkyl halides is 2. The van der Waals surface area contributed by atoms with Gasteiger partial charge >= 0.3 is 0 Å². The molecule has 2 aromatic rings. The maximum Gasteiger partial charge on any atom is 0.283 e. The number of halogens is 3. The molecule has 2 saturated carbocycles. The van der Waals surface area contributed by atoms with E-state index in [4.69, 9.17) is 5.11 Å². The smallest absolute Gasteiger partial charge is 0.283 e. The van der Waals surface area contributed by atoms with Crippen LogP contribution in [0.3, 0.4) is 0 Å². The van der Waals surface area contributed by atoms with Gasteiger partial charge in [-0.2, -0.15) is 5.10 Å². The highest BCUT2D eigenvalue weighted by Crippen LogP contribution is 2.45. The largest absolute Gasteiger partial charge is 0.396 e. The second kappa shape index (κ2) is 5.88. The van der Waals surface area contributed by atoms with Crippen molar-refractivity contribution in [2.24, 2.45) is 5.92 Å². The molecule has 4 nitrogen and oxygen atoms in total. The van der Waals surface area contributed by atoms with Crippen molar-refractivity contribution in [1.29, 1.82) is 0 Å². The zero-order valence-electron chi connectivity index (χ0n) is 13.0. The van der Waals surface area contributed by atoms with Crippen molar-refractivity contribution >= 4 is 0 Å². The van der Waals surface area contributed by atoms with E-state index in [9.17, 15) is 13.2 Å². The van der Waals surface area contributed by atoms with Gasteiger partial charge in [0.15, 0.2) is 5.82 Å². The normalized spacial score (nSPS) is 23.5. The van der Waals surface area contributed by atoms with E-state index in [-0.39, 0.29) is 12.6 Å². The van der Waals surface area contributed by atoms with Gasteiger partial charge in [0.05, 0.1) is 17.4 Å². The lowest BCUT2D eigenvalue weighted by molar-refractivity contribution is 0.105. The molecule has 0 amide bonds. The summed E-state index contributed by atoms with van der Waals surface area (Å²) in [5.41, 5.74) is 1.11. The zero-order chi connectivity index (χ0) is 16.8. The molecular formula is C17H18F3N3O. The molecular weight excluding hydrogens is 319 g/mol. The van der Waals surface area contributed by atoms with Crippen LogP contribution in [0, 0.1) is 11.7 Å². The van der Waals surface area contributed by atoms with Crippen LogP contribution in [0.25, 0.3) is 11.3 Å². The Labute approximate surface area is 137 Å². The average molecular weight is 337 g/mol. The third kappa shape index (κ3) is 2.70. The molecule has 0 bridgehead atoms. The summed E-state index contributed by atoms with van der Waals surface area (Å²) < 4.78 is 41.2. The number of aliphatic hydroxyl groups is 1. The second-order valence-electron chi connectivity index (χ2n) is 6.72. The lowest BCUT2D eigenvalue weighted by Gasteiger charge is -2.34. The monoisotopic (exact) mass is 337 g/mol. The summed E-state index contributed by atoms with van der Waals surface area (Å²) in [5, 5.41) is 13.8. The van der Waals surface area contributed by atoms with Crippen LogP contribution in [0.5, 0.6) is 0 Å². The molecule has 7 heteroatoms. The first kappa shape index (κ1) is 15.6. The molecule has 0 saturated heterocycles. The third-order valence-electron chi connectivity index (χ3n) is 4.92. The number of hydrogen-bond acceptors (Lipinski definition) is 3. The summed E-state index contributed by atoms with van der Waals surface area (Å²) in [7, 11) is 0. The maximum atomic E-state index is 13.5. The minimum absolute atomic E-state index is 0.178. The molecule has 24 heavy (non-hydrogen) atoms. The molecule has 2 aliphatic rings. The van der Waals surface area contributed by atoms with Crippen LogP contribution in [0.1, 0.15) is 55.5 Å². The summed E-state index contributed by atoms with van der Waals surface area (Å²) >= 11 is 0. The van der Waals surface area contributed by atoms with E-state index >= 15 is 0 Å². The zero-order valence-corrected chi connectivity index (χ0v) is 13.0. The van der Waals surface area contributed by atoms with Crippen LogP contribution < -0.4 is 0 Å². The van der Waals surface area contributed by atoms with Gasteiger partial charge in [-0.05, 0) is 43.7 Å². The van der Waals surface area contributed by atoms with E-state index in [1.165, 1.54) is 6.07 Å². The molecule has 0 atom stereocenters. The molecule has 0 aliphatic heterocycles. The fraction of sp³-hybridized carbons (Fsp3) is 0.529. The highest BCUT2D eigenvalue weighted by Gasteiger charge is 2.35. The van der Waals surface area contributed by atoms with Gasteiger partial charge < -0.3 is 5.11 Å². The Bertz CT molecular complexity index is 752. The quantitative estimate of drug-likeness (QED) is 0.902. The standard InChI is InChI=1S/C17H18F3N3O/c18-13-3-4-14(21-16(13)17(19)20)12-7-23(11-5-9(6-11)8-24)22-15(12)10-1-2-10/h3-4,7,9-11,17,24H,1-2,5-6,8H2. The van der Waals surface area contributed by atoms with Crippen LogP contribution in [-0.4, -0.2) is 26.5 Å². The lowest BCUT2D eigenvalue weighted by atomic mass is 9.81. The van der Waals surface area contributed by atoms with Gasteiger partial charge in [-0.15, -0.1) is 0 Å². The summed E-state index contributed by atoms with van der Waals surface area (Å²) in [6.45, 7) is 0.178. The number of rotatable bonds is 5. The molecule has 4 rings (SSSR count). The predicted octanol–water partition coefficient (Wildman–Crippen LogP) is 3.84. The number of aliphatic hydroxyl groups excluding tert-OH is 1. The Kier molecular flexibility index (Phi) is 3.83. The molecule has 0 aromatic carbocycles. The third-order valence-corrected chi connectivity index (χ3v) is 4.92. The van der Waals surface area contributed by atoms with Crippen LogP contribution in [0.2, 0.25) is 0 Å². The van der Waals surface area contributed by atoms with E-state index in [0.717, 1.165) is 37.4 Å². The lowest BCUT2D eigenvalue weighted by Crippen LogP contribution is -2.29. The number of hydrogen-bond donors (Lipinski definition) is 1. The summed E-state index contributed by atoms with van der Waals surface area (Å²) in [6, 6.07) is 2.71. The van der Waals surface area contributed by atoms with Crippen molar-refractivity contribution in [2.45, 2.75) is 44.1 Å². The molecule has 0 unspecified atom stereocenters. The molecule has 2 fully saturated rings. The van der Waals surface area contributed by atoms with Crippen LogP contribution in [0.4, 0.5) is 13.2 Å². The van der Waals surface area contributed by atoms with Crippen molar-refractivity contribution in [2.75, 3.05) is 6.61 Å². The van der Waals surface area contributed by atoms with E-state index in [2.05, 4.69) is 10.1 Å². The highest BCUT2D eigenvalue weighted by atomic mass is 19.3. The van der Waals surface area contributed by atoms with Gasteiger partial charge in [0.2, 0.25) is 0 Å². The van der Waals surface area contributed by atoms with Gasteiger partial charge in [-0.3, -0.25) is 4.68 Å². The molecule has 2 heterocycles. The molecule has 2 aromatic heterocycles. The van der Waals surface area contributed by atoms with Crippen LogP contribution >= 0.6 is 0 Å². The van der Waals surface area contributed by atoms with Crippen molar-refractivity contribution in [3.05, 3.63) is 35.5 Å². The Hall–Kier alpha value is -1.89. The van der Waals surface area contributed by atoms with Crippen LogP contribution in [-0.2, 0) is 0 Å². The van der Waals surface area contributed by atoms with Gasteiger partial charge in [-0.1, -0.05) is 0 Å². The fourth-order valence-corrected chi connectivity index (χ4v) is 3.27. The van der Waals surface area contributed by atoms with Gasteiger partial charge in [0, 0.05) is 24.3 Å². The fourth-order valence-electron chi connectivity index (χ4n) is 3.27. The van der Waals surface area contributed by atoms with Crippen molar-refractivity contribution in [3.63, 3.8) is 0 Å². The van der Waals surface area contributed by atoms with E-state index in [0.29, 0.717) is 23.1 Å². The first-order chi connectivity index (χ1) is 11.6. The minimum atomic E-state index is -2.94. The van der Waals surface area contributed by atoms with E-state index < -0.39 is 17.9 Å². The Balaban J connectivity index is 1.69. The SMILES string of the molecule is OCC1CC(n2cc(-c3ccc(F)c(C(F)F)n3)c(C3CC3)n2)C1.